The van der Waals surface area contributed by atoms with E-state index in [0.29, 0.717) is 17.8 Å². The van der Waals surface area contributed by atoms with Crippen LogP contribution >= 0.6 is 15.9 Å². The largest absolute Gasteiger partial charge is 0.354 e. The lowest BCUT2D eigenvalue weighted by Gasteiger charge is -2.32. The summed E-state index contributed by atoms with van der Waals surface area (Å²) >= 11 is 3.42. The Labute approximate surface area is 234 Å². The van der Waals surface area contributed by atoms with Crippen LogP contribution in [0.25, 0.3) is 0 Å². The highest BCUT2D eigenvalue weighted by atomic mass is 79.9. The molecule has 38 heavy (non-hydrogen) atoms. The van der Waals surface area contributed by atoms with Gasteiger partial charge >= 0.3 is 0 Å². The number of para-hydroxylation sites is 1. The fourth-order valence-electron chi connectivity index (χ4n) is 3.98. The quantitative estimate of drug-likeness (QED) is 0.287. The molecule has 0 aromatic heterocycles. The normalized spacial score (nSPS) is 12.0. The first-order chi connectivity index (χ1) is 18.1. The minimum atomic E-state index is -4.07. The molecule has 9 heteroatoms. The second-order valence-electron chi connectivity index (χ2n) is 9.08. The summed E-state index contributed by atoms with van der Waals surface area (Å²) in [6.07, 6.45) is 1.76. The van der Waals surface area contributed by atoms with E-state index in [-0.39, 0.29) is 17.3 Å². The van der Waals surface area contributed by atoms with Crippen LogP contribution in [0.2, 0.25) is 0 Å². The van der Waals surface area contributed by atoms with Crippen molar-refractivity contribution >= 4 is 43.5 Å². The van der Waals surface area contributed by atoms with E-state index in [2.05, 4.69) is 21.2 Å². The summed E-state index contributed by atoms with van der Waals surface area (Å²) in [6.45, 7) is 5.72. The van der Waals surface area contributed by atoms with Crippen molar-refractivity contribution in [3.05, 3.63) is 94.5 Å². The van der Waals surface area contributed by atoms with Gasteiger partial charge in [-0.15, -0.1) is 0 Å². The van der Waals surface area contributed by atoms with Crippen molar-refractivity contribution in [2.75, 3.05) is 17.4 Å². The van der Waals surface area contributed by atoms with Crippen LogP contribution in [0, 0.1) is 6.92 Å². The molecule has 2 amide bonds. The average Bonchev–Trinajstić information content (AvgIpc) is 2.92. The molecule has 0 spiro atoms. The van der Waals surface area contributed by atoms with Crippen LogP contribution in [0.4, 0.5) is 5.69 Å². The first kappa shape index (κ1) is 29.4. The summed E-state index contributed by atoms with van der Waals surface area (Å²) in [5.41, 5.74) is 1.95. The number of nitrogens with zero attached hydrogens (tertiary/aromatic N) is 2. The molecule has 1 atom stereocenters. The first-order valence-electron chi connectivity index (χ1n) is 12.6. The number of hydrogen-bond acceptors (Lipinski definition) is 4. The summed E-state index contributed by atoms with van der Waals surface area (Å²) in [4.78, 5) is 28.4. The van der Waals surface area contributed by atoms with Gasteiger partial charge in [0.25, 0.3) is 10.0 Å². The van der Waals surface area contributed by atoms with Gasteiger partial charge in [0.1, 0.15) is 12.6 Å². The maximum absolute atomic E-state index is 13.9. The Balaban J connectivity index is 1.99. The second kappa shape index (κ2) is 13.6. The highest BCUT2D eigenvalue weighted by Crippen LogP contribution is 2.27. The summed E-state index contributed by atoms with van der Waals surface area (Å²) in [6, 6.07) is 21.7. The number of aryl methyl sites for hydroxylation is 1. The Morgan fingerprint density at radius 3 is 2.21 bits per heavy atom. The number of carbonyl (C=O) groups excluding carboxylic acids is 2. The van der Waals surface area contributed by atoms with Gasteiger partial charge in [-0.05, 0) is 61.7 Å². The maximum atomic E-state index is 13.9. The molecule has 1 N–H and O–H groups in total. The Kier molecular flexibility index (Phi) is 10.5. The van der Waals surface area contributed by atoms with Gasteiger partial charge in [0.15, 0.2) is 0 Å². The van der Waals surface area contributed by atoms with E-state index in [1.54, 1.807) is 50.2 Å². The van der Waals surface area contributed by atoms with Crippen molar-refractivity contribution in [3.63, 3.8) is 0 Å². The van der Waals surface area contributed by atoms with Gasteiger partial charge in [0.05, 0.1) is 10.6 Å². The molecule has 0 saturated carbocycles. The van der Waals surface area contributed by atoms with Gasteiger partial charge in [0, 0.05) is 17.6 Å². The lowest BCUT2D eigenvalue weighted by Crippen LogP contribution is -2.51. The predicted octanol–water partition coefficient (Wildman–Crippen LogP) is 5.29. The molecule has 0 saturated heterocycles. The number of unbranched alkanes of at least 4 members (excludes halogenated alkanes) is 1. The number of halogens is 1. The minimum absolute atomic E-state index is 0.0841. The first-order valence-corrected chi connectivity index (χ1v) is 14.8. The third kappa shape index (κ3) is 7.45. The Hall–Kier alpha value is -3.17. The Morgan fingerprint density at radius 1 is 0.947 bits per heavy atom. The van der Waals surface area contributed by atoms with Crippen LogP contribution in [-0.4, -0.2) is 44.3 Å². The summed E-state index contributed by atoms with van der Waals surface area (Å²) in [5.74, 6) is -0.758. The minimum Gasteiger partial charge on any atom is -0.354 e. The molecule has 0 unspecified atom stereocenters. The van der Waals surface area contributed by atoms with Crippen LogP contribution in [0.15, 0.2) is 88.2 Å². The number of rotatable bonds is 12. The number of sulfonamides is 1. The smallest absolute Gasteiger partial charge is 0.264 e. The molecule has 0 aliphatic rings. The summed E-state index contributed by atoms with van der Waals surface area (Å²) in [5, 5.41) is 2.89. The van der Waals surface area contributed by atoms with Gasteiger partial charge < -0.3 is 10.2 Å². The number of carbonyl (C=O) groups is 2. The average molecular weight is 601 g/mol. The van der Waals surface area contributed by atoms with Gasteiger partial charge in [-0.3, -0.25) is 13.9 Å². The predicted molar refractivity (Wildman–Crippen MR) is 154 cm³/mol. The third-order valence-electron chi connectivity index (χ3n) is 6.26. The molecule has 0 fully saturated rings. The highest BCUT2D eigenvalue weighted by Gasteiger charge is 2.32. The van der Waals surface area contributed by atoms with Crippen molar-refractivity contribution in [3.8, 4) is 0 Å². The number of anilines is 1. The lowest BCUT2D eigenvalue weighted by molar-refractivity contribution is -0.139. The van der Waals surface area contributed by atoms with E-state index in [9.17, 15) is 18.0 Å². The van der Waals surface area contributed by atoms with E-state index >= 15 is 0 Å². The SMILES string of the molecule is CCCCNC(=O)[C@H](C)N(Cc1ccc(Br)cc1)C(=O)CN(c1ccccc1C)S(=O)(=O)c1ccccc1. The zero-order valence-electron chi connectivity index (χ0n) is 21.9. The second-order valence-corrected chi connectivity index (χ2v) is 11.9. The molecule has 0 aliphatic heterocycles. The van der Waals surface area contributed by atoms with Crippen LogP contribution in [0.1, 0.15) is 37.8 Å². The molecular formula is C29H34BrN3O4S. The number of nitrogens with one attached hydrogen (secondary N) is 1. The third-order valence-corrected chi connectivity index (χ3v) is 8.56. The Morgan fingerprint density at radius 2 is 1.58 bits per heavy atom. The molecule has 3 aromatic rings. The maximum Gasteiger partial charge on any atom is 0.264 e. The van der Waals surface area contributed by atoms with E-state index in [4.69, 9.17) is 0 Å². The van der Waals surface area contributed by atoms with Crippen molar-refractivity contribution in [2.24, 2.45) is 0 Å². The molecule has 0 heterocycles. The highest BCUT2D eigenvalue weighted by molar-refractivity contribution is 9.10. The van der Waals surface area contributed by atoms with Crippen LogP contribution in [-0.2, 0) is 26.2 Å². The van der Waals surface area contributed by atoms with Crippen LogP contribution in [0.5, 0.6) is 0 Å². The van der Waals surface area contributed by atoms with Gasteiger partial charge in [-0.1, -0.05) is 77.8 Å². The number of benzene rings is 3. The van der Waals surface area contributed by atoms with E-state index < -0.39 is 28.5 Å². The van der Waals surface area contributed by atoms with Crippen molar-refractivity contribution < 1.29 is 18.0 Å². The zero-order chi connectivity index (χ0) is 27.7. The summed E-state index contributed by atoms with van der Waals surface area (Å²) in [7, 11) is -4.07. The van der Waals surface area contributed by atoms with Gasteiger partial charge in [-0.25, -0.2) is 8.42 Å². The number of hydrogen-bond donors (Lipinski definition) is 1. The lowest BCUT2D eigenvalue weighted by atomic mass is 10.1. The van der Waals surface area contributed by atoms with Crippen molar-refractivity contribution in [1.29, 1.82) is 0 Å². The van der Waals surface area contributed by atoms with Crippen molar-refractivity contribution in [2.45, 2.75) is 51.1 Å². The van der Waals surface area contributed by atoms with Crippen LogP contribution in [0.3, 0.4) is 0 Å². The molecule has 0 aliphatic carbocycles. The molecule has 3 aromatic carbocycles. The monoisotopic (exact) mass is 599 g/mol. The molecule has 0 bridgehead atoms. The summed E-state index contributed by atoms with van der Waals surface area (Å²) < 4.78 is 29.6. The fourth-order valence-corrected chi connectivity index (χ4v) is 5.75. The molecule has 7 nitrogen and oxygen atoms in total. The van der Waals surface area contributed by atoms with Gasteiger partial charge in [-0.2, -0.15) is 0 Å². The van der Waals surface area contributed by atoms with Crippen molar-refractivity contribution in [1.82, 2.24) is 10.2 Å². The molecular weight excluding hydrogens is 566 g/mol. The van der Waals surface area contributed by atoms with E-state index in [0.717, 1.165) is 27.2 Å². The number of amides is 2. The standard InChI is InChI=1S/C29H34BrN3O4S/c1-4-5-19-31-29(35)23(3)32(20-24-15-17-25(30)18-16-24)28(34)21-33(27-14-10-9-11-22(27)2)38(36,37)26-12-7-6-8-13-26/h6-18,23H,4-5,19-21H2,1-3H3,(H,31,35)/t23-/m0/s1. The van der Waals surface area contributed by atoms with E-state index in [1.807, 2.05) is 37.3 Å². The topological polar surface area (TPSA) is 86.8 Å². The van der Waals surface area contributed by atoms with E-state index in [1.165, 1.54) is 17.0 Å². The fraction of sp³-hybridized carbons (Fsp3) is 0.310. The zero-order valence-corrected chi connectivity index (χ0v) is 24.3. The van der Waals surface area contributed by atoms with Gasteiger partial charge in [0.2, 0.25) is 11.8 Å². The molecule has 0 radical (unpaired) electrons. The Bertz CT molecular complexity index is 1330. The molecule has 202 valence electrons. The van der Waals surface area contributed by atoms with Crippen LogP contribution < -0.4 is 9.62 Å². The molecule has 3 rings (SSSR count).